The average molecular weight is 322 g/mol. The van der Waals surface area contributed by atoms with Crippen LogP contribution in [0.1, 0.15) is 43.3 Å². The van der Waals surface area contributed by atoms with Gasteiger partial charge in [-0.1, -0.05) is 19.1 Å². The molecule has 0 fully saturated rings. The summed E-state index contributed by atoms with van der Waals surface area (Å²) in [6, 6.07) is 4.95. The van der Waals surface area contributed by atoms with Gasteiger partial charge in [-0.3, -0.25) is 0 Å². The molecule has 1 heterocycles. The quantitative estimate of drug-likeness (QED) is 0.885. The lowest BCUT2D eigenvalue weighted by molar-refractivity contribution is 0.515. The second-order valence-corrected chi connectivity index (χ2v) is 7.14. The van der Waals surface area contributed by atoms with Gasteiger partial charge >= 0.3 is 0 Å². The van der Waals surface area contributed by atoms with Gasteiger partial charge in [0.05, 0.1) is 10.9 Å². The molecule has 0 bridgehead atoms. The maximum atomic E-state index is 12.6. The Morgan fingerprint density at radius 1 is 1.32 bits per heavy atom. The molecule has 0 saturated carbocycles. The molecule has 0 spiro atoms. The summed E-state index contributed by atoms with van der Waals surface area (Å²) in [6.07, 6.45) is 2.36. The Labute approximate surface area is 131 Å². The van der Waals surface area contributed by atoms with E-state index in [1.165, 1.54) is 6.33 Å². The van der Waals surface area contributed by atoms with Crippen LogP contribution in [0.2, 0.25) is 0 Å². The summed E-state index contributed by atoms with van der Waals surface area (Å²) in [5, 5.41) is 4.13. The number of hydrogen-bond acceptors (Lipinski definition) is 4. The summed E-state index contributed by atoms with van der Waals surface area (Å²) in [5.74, 6) is 0.621. The average Bonchev–Trinajstić information content (AvgIpc) is 2.90. The normalized spacial score (nSPS) is 13.3. The first-order chi connectivity index (χ1) is 10.3. The van der Waals surface area contributed by atoms with Crippen molar-refractivity contribution in [3.05, 3.63) is 41.5 Å². The van der Waals surface area contributed by atoms with Gasteiger partial charge in [-0.05, 0) is 44.4 Å². The van der Waals surface area contributed by atoms with E-state index in [-0.39, 0.29) is 0 Å². The minimum Gasteiger partial charge on any atom is -0.249 e. The maximum absolute atomic E-state index is 12.6. The van der Waals surface area contributed by atoms with E-state index in [4.69, 9.17) is 0 Å². The van der Waals surface area contributed by atoms with E-state index < -0.39 is 16.1 Å². The smallest absolute Gasteiger partial charge is 0.241 e. The summed E-state index contributed by atoms with van der Waals surface area (Å²) >= 11 is 0. The van der Waals surface area contributed by atoms with Gasteiger partial charge in [0.15, 0.2) is 0 Å². The first-order valence-corrected chi connectivity index (χ1v) is 8.80. The molecular weight excluding hydrogens is 300 g/mol. The highest BCUT2D eigenvalue weighted by Gasteiger charge is 2.23. The van der Waals surface area contributed by atoms with Crippen LogP contribution in [0.4, 0.5) is 0 Å². The van der Waals surface area contributed by atoms with Crippen molar-refractivity contribution in [1.29, 1.82) is 0 Å². The molecule has 1 atom stereocenters. The van der Waals surface area contributed by atoms with Crippen LogP contribution < -0.4 is 4.72 Å². The monoisotopic (exact) mass is 322 g/mol. The van der Waals surface area contributed by atoms with Crippen molar-refractivity contribution in [2.45, 2.75) is 51.6 Å². The number of hydrogen-bond donors (Lipinski definition) is 1. The molecule has 0 aliphatic heterocycles. The lowest BCUT2D eigenvalue weighted by Gasteiger charge is -2.16. The molecular formula is C15H22N4O2S. The van der Waals surface area contributed by atoms with Gasteiger partial charge in [0, 0.05) is 6.54 Å². The lowest BCUT2D eigenvalue weighted by atomic mass is 10.2. The Hall–Kier alpha value is -1.73. The maximum Gasteiger partial charge on any atom is 0.241 e. The molecule has 6 nitrogen and oxygen atoms in total. The number of sulfonamides is 1. The van der Waals surface area contributed by atoms with Crippen LogP contribution in [0.15, 0.2) is 29.4 Å². The third-order valence-electron chi connectivity index (χ3n) is 3.43. The van der Waals surface area contributed by atoms with Crippen molar-refractivity contribution in [3.8, 4) is 0 Å². The summed E-state index contributed by atoms with van der Waals surface area (Å²) in [7, 11) is -3.60. The van der Waals surface area contributed by atoms with Gasteiger partial charge in [-0.25, -0.2) is 22.8 Å². The number of benzene rings is 1. The largest absolute Gasteiger partial charge is 0.249 e. The highest BCUT2D eigenvalue weighted by Crippen LogP contribution is 2.19. The lowest BCUT2D eigenvalue weighted by Crippen LogP contribution is -2.29. The van der Waals surface area contributed by atoms with E-state index in [0.29, 0.717) is 17.3 Å². The van der Waals surface area contributed by atoms with Crippen molar-refractivity contribution in [1.82, 2.24) is 19.5 Å². The minimum absolute atomic E-state index is 0.306. The zero-order valence-electron chi connectivity index (χ0n) is 13.4. The Kier molecular flexibility index (Phi) is 4.97. The number of rotatable bonds is 6. The summed E-state index contributed by atoms with van der Waals surface area (Å²) in [4.78, 5) is 4.48. The fourth-order valence-electron chi connectivity index (χ4n) is 2.34. The molecule has 0 unspecified atom stereocenters. The highest BCUT2D eigenvalue weighted by atomic mass is 32.2. The van der Waals surface area contributed by atoms with Gasteiger partial charge < -0.3 is 0 Å². The van der Waals surface area contributed by atoms with E-state index in [1.54, 1.807) is 24.6 Å². The number of aryl methyl sites for hydroxylation is 3. The fourth-order valence-corrected chi connectivity index (χ4v) is 3.87. The molecule has 2 aromatic rings. The van der Waals surface area contributed by atoms with Gasteiger partial charge in [-0.2, -0.15) is 5.10 Å². The molecule has 2 rings (SSSR count). The van der Waals surface area contributed by atoms with Crippen molar-refractivity contribution in [2.24, 2.45) is 0 Å². The van der Waals surface area contributed by atoms with Crippen LogP contribution in [-0.2, 0) is 16.6 Å². The van der Waals surface area contributed by atoms with Crippen LogP contribution in [0.25, 0.3) is 0 Å². The van der Waals surface area contributed by atoms with Crippen LogP contribution in [0.3, 0.4) is 0 Å². The zero-order valence-corrected chi connectivity index (χ0v) is 14.2. The summed E-state index contributed by atoms with van der Waals surface area (Å²) in [5.41, 5.74) is 1.63. The third kappa shape index (κ3) is 3.53. The van der Waals surface area contributed by atoms with E-state index in [0.717, 1.165) is 17.5 Å². The number of aromatic nitrogens is 3. The van der Waals surface area contributed by atoms with Crippen LogP contribution in [-0.4, -0.2) is 23.2 Å². The Morgan fingerprint density at radius 3 is 2.73 bits per heavy atom. The molecule has 22 heavy (non-hydrogen) atoms. The van der Waals surface area contributed by atoms with Crippen molar-refractivity contribution < 1.29 is 8.42 Å². The van der Waals surface area contributed by atoms with E-state index in [9.17, 15) is 8.42 Å². The predicted octanol–water partition coefficient (Wildman–Crippen LogP) is 2.34. The Morgan fingerprint density at radius 2 is 2.05 bits per heavy atom. The first-order valence-electron chi connectivity index (χ1n) is 7.32. The number of nitrogens with zero attached hydrogens (tertiary/aromatic N) is 3. The minimum atomic E-state index is -3.60. The molecule has 1 aromatic carbocycles. The molecule has 120 valence electrons. The first kappa shape index (κ1) is 16.6. The van der Waals surface area contributed by atoms with E-state index in [1.807, 2.05) is 26.0 Å². The molecule has 0 saturated heterocycles. The van der Waals surface area contributed by atoms with Gasteiger partial charge in [0.2, 0.25) is 10.0 Å². The Bertz CT molecular complexity index is 753. The number of nitrogens with one attached hydrogen (secondary N) is 1. The summed E-state index contributed by atoms with van der Waals surface area (Å²) in [6.45, 7) is 8.19. The highest BCUT2D eigenvalue weighted by molar-refractivity contribution is 7.89. The molecule has 0 aliphatic rings. The second-order valence-electron chi connectivity index (χ2n) is 5.45. The standard InChI is InChI=1S/C15H22N4O2S/c1-5-8-19-15(16-10-17-19)13(4)18-22(20,21)14-9-11(2)6-7-12(14)3/h6-7,9-10,13,18H,5,8H2,1-4H3/t13-/m0/s1. The molecule has 0 aliphatic carbocycles. The zero-order chi connectivity index (χ0) is 16.3. The summed E-state index contributed by atoms with van der Waals surface area (Å²) < 4.78 is 29.6. The third-order valence-corrected chi connectivity index (χ3v) is 5.12. The SMILES string of the molecule is CCCn1ncnc1[C@H](C)NS(=O)(=O)c1cc(C)ccc1C. The van der Waals surface area contributed by atoms with Crippen LogP contribution in [0, 0.1) is 13.8 Å². The van der Waals surface area contributed by atoms with Gasteiger partial charge in [0.1, 0.15) is 12.2 Å². The van der Waals surface area contributed by atoms with Crippen molar-refractivity contribution in [3.63, 3.8) is 0 Å². The van der Waals surface area contributed by atoms with Crippen LogP contribution in [0.5, 0.6) is 0 Å². The van der Waals surface area contributed by atoms with Gasteiger partial charge in [-0.15, -0.1) is 0 Å². The van der Waals surface area contributed by atoms with E-state index in [2.05, 4.69) is 14.8 Å². The van der Waals surface area contributed by atoms with E-state index >= 15 is 0 Å². The Balaban J connectivity index is 2.28. The van der Waals surface area contributed by atoms with Crippen molar-refractivity contribution in [2.75, 3.05) is 0 Å². The topological polar surface area (TPSA) is 76.9 Å². The van der Waals surface area contributed by atoms with Crippen LogP contribution >= 0.6 is 0 Å². The predicted molar refractivity (Wildman–Crippen MR) is 85.0 cm³/mol. The van der Waals surface area contributed by atoms with Crippen molar-refractivity contribution >= 4 is 10.0 Å². The van der Waals surface area contributed by atoms with Gasteiger partial charge in [0.25, 0.3) is 0 Å². The second kappa shape index (κ2) is 6.58. The molecule has 7 heteroatoms. The fraction of sp³-hybridized carbons (Fsp3) is 0.467. The molecule has 1 aromatic heterocycles. The molecule has 0 amide bonds. The molecule has 0 radical (unpaired) electrons. The molecule has 1 N–H and O–H groups in total.